The maximum absolute atomic E-state index is 12.8. The molecule has 3 aromatic carbocycles. The highest BCUT2D eigenvalue weighted by molar-refractivity contribution is 14.1. The number of hydrogen-bond donors (Lipinski definition) is 1. The van der Waals surface area contributed by atoms with Gasteiger partial charge < -0.3 is 14.8 Å². The minimum atomic E-state index is -0.933. The van der Waals surface area contributed by atoms with Crippen molar-refractivity contribution in [3.63, 3.8) is 0 Å². The number of aromatic nitrogens is 2. The van der Waals surface area contributed by atoms with Crippen molar-refractivity contribution in [2.24, 2.45) is 7.05 Å². The highest BCUT2D eigenvalue weighted by Crippen LogP contribution is 2.37. The van der Waals surface area contributed by atoms with E-state index in [9.17, 15) is 9.59 Å². The number of methoxy groups -OCH3 is 1. The highest BCUT2D eigenvalue weighted by Gasteiger charge is 2.46. The van der Waals surface area contributed by atoms with E-state index in [4.69, 9.17) is 9.47 Å². The molecule has 0 spiro atoms. The molecule has 8 heteroatoms. The number of alkyl carbamates (subject to hydrolysis) is 1. The number of esters is 1. The summed E-state index contributed by atoms with van der Waals surface area (Å²) in [6, 6.07) is 30.2. The summed E-state index contributed by atoms with van der Waals surface area (Å²) in [5.41, 5.74) is 2.68. The number of benzene rings is 3. The SMILES string of the molecule is COC(=O)C(Cc1c[n+](C(c2ccccc2)(c2ccccc2)c2ccccc2)c(I)n1C)NC(=O)OC(C)(C)C. The standard InChI is InChI=1S/C32H34IN3O4/c1-31(2,3)40-30(38)34-27(28(37)39-5)21-26-22-36(29(33)35(26)4)32(23-15-9-6-10-16-23,24-17-11-7-12-18-24)25-19-13-8-14-20-25/h6-20,22,27H,21H2,1-5H3/p+1. The Labute approximate surface area is 249 Å². The van der Waals surface area contributed by atoms with E-state index in [-0.39, 0.29) is 6.42 Å². The summed E-state index contributed by atoms with van der Waals surface area (Å²) in [5.74, 6) is -0.547. The molecule has 1 N–H and O–H groups in total. The van der Waals surface area contributed by atoms with Gasteiger partial charge in [-0.1, -0.05) is 91.0 Å². The van der Waals surface area contributed by atoms with E-state index >= 15 is 0 Å². The molecular formula is C32H35IN3O4+. The number of carbonyl (C=O) groups excluding carboxylic acids is 2. The Morgan fingerprint density at radius 3 is 1.73 bits per heavy atom. The molecule has 1 amide bonds. The fraction of sp³-hybridized carbons (Fsp3) is 0.281. The monoisotopic (exact) mass is 652 g/mol. The molecule has 1 unspecified atom stereocenters. The lowest BCUT2D eigenvalue weighted by molar-refractivity contribution is -0.745. The summed E-state index contributed by atoms with van der Waals surface area (Å²) < 4.78 is 15.7. The van der Waals surface area contributed by atoms with Gasteiger partial charge in [-0.3, -0.25) is 0 Å². The Bertz CT molecular complexity index is 1350. The maximum Gasteiger partial charge on any atom is 0.408 e. The zero-order chi connectivity index (χ0) is 28.9. The molecule has 7 nitrogen and oxygen atoms in total. The van der Waals surface area contributed by atoms with E-state index < -0.39 is 29.2 Å². The van der Waals surface area contributed by atoms with Crippen LogP contribution in [0.3, 0.4) is 0 Å². The van der Waals surface area contributed by atoms with Crippen molar-refractivity contribution in [2.75, 3.05) is 7.11 Å². The predicted octanol–water partition coefficient (Wildman–Crippen LogP) is 5.37. The van der Waals surface area contributed by atoms with E-state index in [1.54, 1.807) is 20.8 Å². The molecule has 0 fully saturated rings. The first-order valence-electron chi connectivity index (χ1n) is 13.1. The van der Waals surface area contributed by atoms with E-state index in [1.165, 1.54) is 7.11 Å². The molecule has 0 bridgehead atoms. The van der Waals surface area contributed by atoms with Gasteiger partial charge in [0.2, 0.25) is 0 Å². The van der Waals surface area contributed by atoms with E-state index in [0.29, 0.717) is 0 Å². The van der Waals surface area contributed by atoms with Gasteiger partial charge in [-0.25, -0.2) is 18.7 Å². The minimum Gasteiger partial charge on any atom is -0.467 e. The molecule has 0 saturated carbocycles. The molecule has 1 aromatic heterocycles. The molecule has 0 radical (unpaired) electrons. The van der Waals surface area contributed by atoms with Crippen LogP contribution >= 0.6 is 22.6 Å². The van der Waals surface area contributed by atoms with Crippen molar-refractivity contribution in [1.29, 1.82) is 0 Å². The Balaban J connectivity index is 1.89. The second kappa shape index (κ2) is 12.2. The molecule has 1 atom stereocenters. The fourth-order valence-corrected chi connectivity index (χ4v) is 5.75. The van der Waals surface area contributed by atoms with Gasteiger partial charge in [-0.15, -0.1) is 0 Å². The molecule has 0 saturated heterocycles. The van der Waals surface area contributed by atoms with Crippen LogP contribution in [0.15, 0.2) is 97.2 Å². The number of nitrogens with one attached hydrogen (secondary N) is 1. The number of halogens is 1. The largest absolute Gasteiger partial charge is 0.467 e. The van der Waals surface area contributed by atoms with Crippen molar-refractivity contribution in [1.82, 2.24) is 9.88 Å². The third-order valence-electron chi connectivity index (χ3n) is 6.71. The molecule has 208 valence electrons. The van der Waals surface area contributed by atoms with Crippen LogP contribution in [0.25, 0.3) is 0 Å². The van der Waals surface area contributed by atoms with Crippen LogP contribution < -0.4 is 9.88 Å². The zero-order valence-electron chi connectivity index (χ0n) is 23.4. The minimum absolute atomic E-state index is 0.208. The van der Waals surface area contributed by atoms with E-state index in [1.807, 2.05) is 66.2 Å². The predicted molar refractivity (Wildman–Crippen MR) is 162 cm³/mol. The summed E-state index contributed by atoms with van der Waals surface area (Å²) in [6.07, 6.45) is 1.59. The average molecular weight is 653 g/mol. The van der Waals surface area contributed by atoms with Crippen LogP contribution in [0.5, 0.6) is 0 Å². The van der Waals surface area contributed by atoms with Gasteiger partial charge in [0.25, 0.3) is 0 Å². The summed E-state index contributed by atoms with van der Waals surface area (Å²) in [7, 11) is 3.27. The van der Waals surface area contributed by atoms with Crippen molar-refractivity contribution in [3.8, 4) is 0 Å². The topological polar surface area (TPSA) is 73.4 Å². The van der Waals surface area contributed by atoms with Gasteiger partial charge in [-0.2, -0.15) is 0 Å². The van der Waals surface area contributed by atoms with Crippen molar-refractivity contribution >= 4 is 34.7 Å². The van der Waals surface area contributed by atoms with Crippen molar-refractivity contribution in [3.05, 3.63) is 123 Å². The second-order valence-electron chi connectivity index (χ2n) is 10.6. The van der Waals surface area contributed by atoms with Crippen LogP contribution in [0.4, 0.5) is 4.79 Å². The second-order valence-corrected chi connectivity index (χ2v) is 11.5. The number of rotatable bonds is 8. The number of nitrogens with zero attached hydrogens (tertiary/aromatic N) is 2. The van der Waals surface area contributed by atoms with Gasteiger partial charge in [0.05, 0.1) is 36.7 Å². The molecular weight excluding hydrogens is 617 g/mol. The third kappa shape index (κ3) is 6.06. The van der Waals surface area contributed by atoms with Gasteiger partial charge >= 0.3 is 15.9 Å². The van der Waals surface area contributed by atoms with Gasteiger partial charge in [-0.05, 0) is 20.8 Å². The molecule has 4 rings (SSSR count). The first-order valence-corrected chi connectivity index (χ1v) is 14.2. The molecule has 0 aliphatic rings. The van der Waals surface area contributed by atoms with Crippen LogP contribution in [-0.4, -0.2) is 35.4 Å². The smallest absolute Gasteiger partial charge is 0.408 e. The van der Waals surface area contributed by atoms with Crippen LogP contribution in [-0.2, 0) is 33.3 Å². The van der Waals surface area contributed by atoms with Crippen LogP contribution in [0.1, 0.15) is 43.2 Å². The van der Waals surface area contributed by atoms with E-state index in [0.717, 1.165) is 26.2 Å². The van der Waals surface area contributed by atoms with Gasteiger partial charge in [0.1, 0.15) is 23.5 Å². The van der Waals surface area contributed by atoms with Gasteiger partial charge in [0, 0.05) is 23.1 Å². The lowest BCUT2D eigenvalue weighted by Crippen LogP contribution is -2.59. The molecule has 0 aliphatic heterocycles. The number of ether oxygens (including phenoxy) is 2. The third-order valence-corrected chi connectivity index (χ3v) is 7.95. The first-order chi connectivity index (χ1) is 19.1. The Morgan fingerprint density at radius 1 is 0.875 bits per heavy atom. The molecule has 0 aliphatic carbocycles. The summed E-state index contributed by atoms with van der Waals surface area (Å²) in [4.78, 5) is 25.4. The lowest BCUT2D eigenvalue weighted by Gasteiger charge is -2.33. The fourth-order valence-electron chi connectivity index (χ4n) is 4.94. The van der Waals surface area contributed by atoms with Crippen molar-refractivity contribution < 1.29 is 23.6 Å². The quantitative estimate of drug-likeness (QED) is 0.120. The average Bonchev–Trinajstić information content (AvgIpc) is 3.22. The summed E-state index contributed by atoms with van der Waals surface area (Å²) >= 11 is 2.35. The summed E-state index contributed by atoms with van der Waals surface area (Å²) in [6.45, 7) is 5.33. The van der Waals surface area contributed by atoms with Crippen molar-refractivity contribution in [2.45, 2.75) is 44.4 Å². The molecule has 40 heavy (non-hydrogen) atoms. The van der Waals surface area contributed by atoms with Crippen LogP contribution in [0.2, 0.25) is 0 Å². The summed E-state index contributed by atoms with van der Waals surface area (Å²) in [5, 5.41) is 2.70. The lowest BCUT2D eigenvalue weighted by atomic mass is 9.77. The number of imidazole rings is 1. The number of amides is 1. The Morgan fingerprint density at radius 2 is 1.32 bits per heavy atom. The highest BCUT2D eigenvalue weighted by atomic mass is 127. The number of carbonyl (C=O) groups is 2. The first kappa shape index (κ1) is 29.3. The maximum atomic E-state index is 12.8. The normalized spacial score (nSPS) is 12.4. The molecule has 4 aromatic rings. The van der Waals surface area contributed by atoms with Gasteiger partial charge in [0.15, 0.2) is 5.54 Å². The zero-order valence-corrected chi connectivity index (χ0v) is 25.6. The Hall–Kier alpha value is -3.66. The molecule has 1 heterocycles. The Kier molecular flexibility index (Phi) is 8.98. The van der Waals surface area contributed by atoms with Crippen LogP contribution in [0, 0.1) is 3.83 Å². The number of hydrogen-bond acceptors (Lipinski definition) is 4. The van der Waals surface area contributed by atoms with E-state index in [2.05, 4.69) is 75.1 Å².